The molecule has 5 atom stereocenters. The smallest absolute Gasteiger partial charge is 0.0110 e. The van der Waals surface area contributed by atoms with Gasteiger partial charge in [-0.15, -0.1) is 0 Å². The first-order valence-electron chi connectivity index (χ1n) is 7.08. The molecule has 0 aliphatic heterocycles. The van der Waals surface area contributed by atoms with Crippen molar-refractivity contribution in [2.24, 2.45) is 34.5 Å². The minimum absolute atomic E-state index is 0.629. The third kappa shape index (κ3) is 0.939. The molecule has 2 fully saturated rings. The standard InChI is InChI=1S/C16H26/c1-10(2)12-7-9-15(4)13-11(3)6-8-16(15,5)14(12)13/h6,10,12-14H,7-9H2,1-5H3/t12-,13+,14+,15-,16-/m0/s1. The monoisotopic (exact) mass is 218 g/mol. The quantitative estimate of drug-likeness (QED) is 0.561. The van der Waals surface area contributed by atoms with Gasteiger partial charge in [-0.2, -0.15) is 0 Å². The first-order valence-corrected chi connectivity index (χ1v) is 7.08. The lowest BCUT2D eigenvalue weighted by Crippen LogP contribution is -2.70. The molecule has 0 saturated heterocycles. The van der Waals surface area contributed by atoms with Crippen LogP contribution in [0.15, 0.2) is 11.6 Å². The van der Waals surface area contributed by atoms with E-state index in [1.807, 2.05) is 0 Å². The fourth-order valence-electron chi connectivity index (χ4n) is 5.61. The van der Waals surface area contributed by atoms with Crippen molar-refractivity contribution in [1.29, 1.82) is 0 Å². The Labute approximate surface area is 101 Å². The van der Waals surface area contributed by atoms with E-state index in [0.29, 0.717) is 10.8 Å². The van der Waals surface area contributed by atoms with Gasteiger partial charge in [0.05, 0.1) is 0 Å². The van der Waals surface area contributed by atoms with E-state index in [9.17, 15) is 0 Å². The Hall–Kier alpha value is -0.260. The van der Waals surface area contributed by atoms with Crippen molar-refractivity contribution < 1.29 is 0 Å². The zero-order chi connectivity index (χ0) is 11.7. The molecule has 0 amide bonds. The fourth-order valence-corrected chi connectivity index (χ4v) is 5.61. The highest BCUT2D eigenvalue weighted by Gasteiger charge is 2.71. The van der Waals surface area contributed by atoms with Gasteiger partial charge in [-0.05, 0) is 60.7 Å². The van der Waals surface area contributed by atoms with Crippen molar-refractivity contribution >= 4 is 0 Å². The minimum atomic E-state index is 0.629. The van der Waals surface area contributed by atoms with Gasteiger partial charge in [0.1, 0.15) is 0 Å². The largest absolute Gasteiger partial charge is 0.0847 e. The van der Waals surface area contributed by atoms with Crippen molar-refractivity contribution in [2.45, 2.75) is 53.9 Å². The SMILES string of the molecule is CC1=CC[C@@]2(C)[C@H]3[C@@H]1[C@]2(C)CC[C@H]3C(C)C. The van der Waals surface area contributed by atoms with E-state index < -0.39 is 0 Å². The van der Waals surface area contributed by atoms with Gasteiger partial charge in [0, 0.05) is 0 Å². The van der Waals surface area contributed by atoms with Gasteiger partial charge >= 0.3 is 0 Å². The van der Waals surface area contributed by atoms with E-state index in [4.69, 9.17) is 0 Å². The van der Waals surface area contributed by atoms with E-state index in [0.717, 1.165) is 23.7 Å². The Bertz CT molecular complexity index is 351. The summed E-state index contributed by atoms with van der Waals surface area (Å²) in [5.74, 6) is 3.78. The highest BCUT2D eigenvalue weighted by Crippen LogP contribution is 2.78. The second-order valence-electron chi connectivity index (χ2n) is 7.44. The van der Waals surface area contributed by atoms with E-state index in [1.54, 1.807) is 5.57 Å². The third-order valence-electron chi connectivity index (χ3n) is 6.74. The first-order chi connectivity index (χ1) is 7.42. The molecule has 90 valence electrons. The van der Waals surface area contributed by atoms with Gasteiger partial charge in [-0.25, -0.2) is 0 Å². The average molecular weight is 218 g/mol. The number of hydrogen-bond acceptors (Lipinski definition) is 0. The van der Waals surface area contributed by atoms with Gasteiger partial charge in [0.25, 0.3) is 0 Å². The molecule has 0 unspecified atom stereocenters. The van der Waals surface area contributed by atoms with Crippen molar-refractivity contribution in [1.82, 2.24) is 0 Å². The molecule has 4 aliphatic rings. The van der Waals surface area contributed by atoms with E-state index in [2.05, 4.69) is 40.7 Å². The highest BCUT2D eigenvalue weighted by molar-refractivity contribution is 5.32. The van der Waals surface area contributed by atoms with Crippen LogP contribution in [0.2, 0.25) is 0 Å². The van der Waals surface area contributed by atoms with Gasteiger partial charge in [0.15, 0.2) is 0 Å². The molecule has 0 heteroatoms. The summed E-state index contributed by atoms with van der Waals surface area (Å²) in [6.07, 6.45) is 6.84. The summed E-state index contributed by atoms with van der Waals surface area (Å²) < 4.78 is 0. The average Bonchev–Trinajstić information content (AvgIpc) is 2.22. The van der Waals surface area contributed by atoms with Crippen LogP contribution < -0.4 is 0 Å². The summed E-state index contributed by atoms with van der Waals surface area (Å²) in [7, 11) is 0. The maximum atomic E-state index is 2.58. The van der Waals surface area contributed by atoms with Gasteiger partial charge in [-0.3, -0.25) is 0 Å². The van der Waals surface area contributed by atoms with Crippen LogP contribution in [0.1, 0.15) is 53.9 Å². The molecule has 4 aliphatic carbocycles. The normalized spacial score (nSPS) is 54.6. The molecule has 0 aromatic carbocycles. The van der Waals surface area contributed by atoms with Crippen molar-refractivity contribution in [3.63, 3.8) is 0 Å². The zero-order valence-electron chi connectivity index (χ0n) is 11.5. The highest BCUT2D eigenvalue weighted by atomic mass is 14.8. The summed E-state index contributed by atoms with van der Waals surface area (Å²) in [4.78, 5) is 0. The Morgan fingerprint density at radius 1 is 1.25 bits per heavy atom. The predicted octanol–water partition coefficient (Wildman–Crippen LogP) is 4.66. The van der Waals surface area contributed by atoms with Gasteiger partial charge in [0.2, 0.25) is 0 Å². The summed E-state index contributed by atoms with van der Waals surface area (Å²) in [5, 5.41) is 0. The molecule has 0 aromatic rings. The summed E-state index contributed by atoms with van der Waals surface area (Å²) in [6, 6.07) is 0. The number of rotatable bonds is 1. The van der Waals surface area contributed by atoms with Gasteiger partial charge in [-0.1, -0.05) is 39.3 Å². The predicted molar refractivity (Wildman–Crippen MR) is 69.1 cm³/mol. The molecule has 4 rings (SSSR count). The maximum absolute atomic E-state index is 2.58. The molecule has 0 spiro atoms. The molecule has 4 bridgehead atoms. The molecule has 0 N–H and O–H groups in total. The number of fused-ring (bicyclic) bond motifs is 1. The van der Waals surface area contributed by atoms with E-state index in [1.165, 1.54) is 19.3 Å². The van der Waals surface area contributed by atoms with Crippen LogP contribution in [0.3, 0.4) is 0 Å². The van der Waals surface area contributed by atoms with Crippen molar-refractivity contribution in [3.8, 4) is 0 Å². The summed E-state index contributed by atoms with van der Waals surface area (Å²) >= 11 is 0. The lowest BCUT2D eigenvalue weighted by Gasteiger charge is -2.76. The van der Waals surface area contributed by atoms with Crippen LogP contribution in [-0.2, 0) is 0 Å². The van der Waals surface area contributed by atoms with Gasteiger partial charge < -0.3 is 0 Å². The van der Waals surface area contributed by atoms with Crippen LogP contribution in [0, 0.1) is 34.5 Å². The van der Waals surface area contributed by atoms with Crippen LogP contribution >= 0.6 is 0 Å². The number of hydrogen-bond donors (Lipinski definition) is 0. The lowest BCUT2D eigenvalue weighted by atomic mass is 9.28. The molecule has 0 radical (unpaired) electrons. The maximum Gasteiger partial charge on any atom is -0.0110 e. The zero-order valence-corrected chi connectivity index (χ0v) is 11.5. The second kappa shape index (κ2) is 2.94. The van der Waals surface area contributed by atoms with Crippen LogP contribution in [0.5, 0.6) is 0 Å². The van der Waals surface area contributed by atoms with E-state index in [-0.39, 0.29) is 0 Å². The molecule has 2 saturated carbocycles. The molecule has 0 nitrogen and oxygen atoms in total. The topological polar surface area (TPSA) is 0 Å². The summed E-state index contributed by atoms with van der Waals surface area (Å²) in [5.41, 5.74) is 2.98. The first kappa shape index (κ1) is 10.9. The fraction of sp³-hybridized carbons (Fsp3) is 0.875. The van der Waals surface area contributed by atoms with Crippen LogP contribution in [0.4, 0.5) is 0 Å². The van der Waals surface area contributed by atoms with Crippen LogP contribution in [0.25, 0.3) is 0 Å². The Balaban J connectivity index is 2.03. The van der Waals surface area contributed by atoms with E-state index >= 15 is 0 Å². The Morgan fingerprint density at radius 2 is 1.94 bits per heavy atom. The lowest BCUT2D eigenvalue weighted by molar-refractivity contribution is -0.248. The number of allylic oxidation sites excluding steroid dienone is 2. The third-order valence-corrected chi connectivity index (χ3v) is 6.74. The molecule has 0 aromatic heterocycles. The Kier molecular flexibility index (Phi) is 2.00. The molecule has 16 heavy (non-hydrogen) atoms. The molecular formula is C16H26. The Morgan fingerprint density at radius 3 is 2.56 bits per heavy atom. The minimum Gasteiger partial charge on any atom is -0.0847 e. The van der Waals surface area contributed by atoms with Crippen LogP contribution in [-0.4, -0.2) is 0 Å². The molecular weight excluding hydrogens is 192 g/mol. The molecule has 0 heterocycles. The van der Waals surface area contributed by atoms with Crippen molar-refractivity contribution in [3.05, 3.63) is 11.6 Å². The van der Waals surface area contributed by atoms with Crippen molar-refractivity contribution in [2.75, 3.05) is 0 Å². The summed E-state index contributed by atoms with van der Waals surface area (Å²) in [6.45, 7) is 12.4. The second-order valence-corrected chi connectivity index (χ2v) is 7.44.